The highest BCUT2D eigenvalue weighted by atomic mass is 16.5. The molecule has 0 spiro atoms. The zero-order chi connectivity index (χ0) is 15.4. The fourth-order valence-corrected chi connectivity index (χ4v) is 2.32. The predicted octanol–water partition coefficient (Wildman–Crippen LogP) is 0.309. The quantitative estimate of drug-likeness (QED) is 0.762. The van der Waals surface area contributed by atoms with Crippen molar-refractivity contribution in [1.82, 2.24) is 19.8 Å². The van der Waals surface area contributed by atoms with Gasteiger partial charge in [0.25, 0.3) is 0 Å². The number of ether oxygens (including phenoxy) is 1. The topological polar surface area (TPSA) is 98.8 Å². The summed E-state index contributed by atoms with van der Waals surface area (Å²) in [6.45, 7) is 3.54. The summed E-state index contributed by atoms with van der Waals surface area (Å²) in [5.74, 6) is -1.02. The summed E-state index contributed by atoms with van der Waals surface area (Å²) in [4.78, 5) is 33.7. The predicted molar refractivity (Wildman–Crippen MR) is 73.8 cm³/mol. The number of carboxylic acid groups (broad SMARTS) is 1. The van der Waals surface area contributed by atoms with Crippen LogP contribution in [0.25, 0.3) is 0 Å². The first kappa shape index (κ1) is 15.3. The van der Waals surface area contributed by atoms with E-state index in [1.165, 1.54) is 16.1 Å². The summed E-state index contributed by atoms with van der Waals surface area (Å²) in [5.41, 5.74) is 1.50. The van der Waals surface area contributed by atoms with Crippen molar-refractivity contribution in [3.63, 3.8) is 0 Å². The minimum Gasteiger partial charge on any atom is -0.480 e. The van der Waals surface area contributed by atoms with Crippen LogP contribution >= 0.6 is 0 Å². The highest BCUT2D eigenvalue weighted by Gasteiger charge is 2.37. The van der Waals surface area contributed by atoms with E-state index in [9.17, 15) is 14.7 Å². The summed E-state index contributed by atoms with van der Waals surface area (Å²) in [6, 6.07) is -1.20. The number of hydrogen-bond acceptors (Lipinski definition) is 4. The molecule has 1 aromatic rings. The molecule has 21 heavy (non-hydrogen) atoms. The minimum absolute atomic E-state index is 0.221. The molecule has 2 rings (SSSR count). The molecule has 0 bridgehead atoms. The van der Waals surface area contributed by atoms with Crippen LogP contribution in [0.4, 0.5) is 4.79 Å². The van der Waals surface area contributed by atoms with E-state index < -0.39 is 12.0 Å². The molecule has 0 saturated carbocycles. The zero-order valence-electron chi connectivity index (χ0n) is 12.2. The molecule has 8 nitrogen and oxygen atoms in total. The molecule has 1 atom stereocenters. The Morgan fingerprint density at radius 2 is 2.38 bits per heavy atom. The summed E-state index contributed by atoms with van der Waals surface area (Å²) in [6.07, 6.45) is 1.75. The molecule has 2 amide bonds. The number of hydrogen-bond donors (Lipinski definition) is 2. The summed E-state index contributed by atoms with van der Waals surface area (Å²) in [5, 5.41) is 9.34. The van der Waals surface area contributed by atoms with Crippen LogP contribution in [0.1, 0.15) is 18.3 Å². The molecule has 0 aliphatic carbocycles. The molecule has 1 unspecified atom stereocenters. The number of nitrogens with one attached hydrogen (secondary N) is 1. The molecule has 8 heteroatoms. The lowest BCUT2D eigenvalue weighted by Gasteiger charge is -2.35. The fraction of sp³-hybridized carbons (Fsp3) is 0.615. The lowest BCUT2D eigenvalue weighted by atomic mass is 10.0. The first-order chi connectivity index (χ1) is 10.0. The van der Waals surface area contributed by atoms with Gasteiger partial charge in [0.1, 0.15) is 6.04 Å². The van der Waals surface area contributed by atoms with Crippen LogP contribution in [-0.2, 0) is 22.5 Å². The number of imidazole rings is 1. The van der Waals surface area contributed by atoms with Gasteiger partial charge in [-0.1, -0.05) is 0 Å². The highest BCUT2D eigenvalue weighted by molar-refractivity contribution is 5.83. The maximum Gasteiger partial charge on any atom is 0.326 e. The highest BCUT2D eigenvalue weighted by Crippen LogP contribution is 2.21. The van der Waals surface area contributed by atoms with Gasteiger partial charge in [-0.3, -0.25) is 0 Å². The Morgan fingerprint density at radius 1 is 1.62 bits per heavy atom. The number of aliphatic carboxylic acids is 1. The second kappa shape index (κ2) is 6.57. The molecule has 1 aliphatic rings. The van der Waals surface area contributed by atoms with E-state index in [2.05, 4.69) is 9.97 Å². The Bertz CT molecular complexity index is 516. The van der Waals surface area contributed by atoms with Gasteiger partial charge in [-0.25, -0.2) is 14.6 Å². The largest absolute Gasteiger partial charge is 0.480 e. The van der Waals surface area contributed by atoms with E-state index in [1.807, 2.05) is 6.92 Å². The van der Waals surface area contributed by atoms with Gasteiger partial charge in [-0.05, 0) is 6.92 Å². The second-order valence-electron chi connectivity index (χ2n) is 4.91. The third-order valence-corrected chi connectivity index (χ3v) is 3.53. The molecule has 0 aromatic carbocycles. The van der Waals surface area contributed by atoms with E-state index in [0.717, 1.165) is 5.69 Å². The zero-order valence-corrected chi connectivity index (χ0v) is 12.2. The number of carbonyl (C=O) groups excluding carboxylic acids is 1. The van der Waals surface area contributed by atoms with E-state index in [0.29, 0.717) is 25.5 Å². The van der Waals surface area contributed by atoms with Gasteiger partial charge in [-0.2, -0.15) is 0 Å². The molecular formula is C13H20N4O4. The van der Waals surface area contributed by atoms with Crippen LogP contribution in [-0.4, -0.2) is 69.7 Å². The fourth-order valence-electron chi connectivity index (χ4n) is 2.32. The van der Waals surface area contributed by atoms with Crippen molar-refractivity contribution in [2.45, 2.75) is 25.9 Å². The van der Waals surface area contributed by atoms with Gasteiger partial charge in [0, 0.05) is 26.6 Å². The van der Waals surface area contributed by atoms with Gasteiger partial charge in [0.15, 0.2) is 0 Å². The number of fused-ring (bicyclic) bond motifs is 1. The van der Waals surface area contributed by atoms with Crippen molar-refractivity contribution in [2.75, 3.05) is 26.8 Å². The normalized spacial score (nSPS) is 17.4. The molecule has 116 valence electrons. The molecule has 2 heterocycles. The first-order valence-corrected chi connectivity index (χ1v) is 6.88. The number of likely N-dealkylation sites (N-methyl/N-ethyl adjacent to an activating group) is 1. The van der Waals surface area contributed by atoms with Crippen LogP contribution in [0.2, 0.25) is 0 Å². The Kier molecular flexibility index (Phi) is 4.79. The summed E-state index contributed by atoms with van der Waals surface area (Å²) < 4.78 is 5.21. The van der Waals surface area contributed by atoms with Crippen molar-refractivity contribution < 1.29 is 19.4 Å². The SMILES string of the molecule is CCOCCN(C)C(=O)N1Cc2[nH]cnc2CC1C(=O)O. The van der Waals surface area contributed by atoms with Crippen molar-refractivity contribution in [3.05, 3.63) is 17.7 Å². The Hall–Kier alpha value is -2.09. The molecule has 1 aromatic heterocycles. The van der Waals surface area contributed by atoms with Crippen molar-refractivity contribution >= 4 is 12.0 Å². The second-order valence-corrected chi connectivity index (χ2v) is 4.91. The number of H-pyrrole nitrogens is 1. The number of aromatic nitrogens is 2. The van der Waals surface area contributed by atoms with E-state index in [4.69, 9.17) is 4.74 Å². The maximum atomic E-state index is 12.4. The number of nitrogens with zero attached hydrogens (tertiary/aromatic N) is 3. The van der Waals surface area contributed by atoms with Gasteiger partial charge < -0.3 is 24.6 Å². The summed E-state index contributed by atoms with van der Waals surface area (Å²) >= 11 is 0. The molecule has 0 radical (unpaired) electrons. The molecule has 2 N–H and O–H groups in total. The number of carboxylic acids is 1. The maximum absolute atomic E-state index is 12.4. The number of urea groups is 1. The smallest absolute Gasteiger partial charge is 0.326 e. The molecular weight excluding hydrogens is 276 g/mol. The van der Waals surface area contributed by atoms with E-state index >= 15 is 0 Å². The first-order valence-electron chi connectivity index (χ1n) is 6.88. The lowest BCUT2D eigenvalue weighted by Crippen LogP contribution is -2.53. The minimum atomic E-state index is -1.02. The number of carbonyl (C=O) groups is 2. The van der Waals surface area contributed by atoms with Gasteiger partial charge in [-0.15, -0.1) is 0 Å². The number of aromatic amines is 1. The van der Waals surface area contributed by atoms with Crippen LogP contribution in [0.5, 0.6) is 0 Å². The number of rotatable bonds is 5. The van der Waals surface area contributed by atoms with E-state index in [1.54, 1.807) is 7.05 Å². The Labute approximate surface area is 122 Å². The van der Waals surface area contributed by atoms with Crippen molar-refractivity contribution in [2.24, 2.45) is 0 Å². The lowest BCUT2D eigenvalue weighted by molar-refractivity contribution is -0.142. The Morgan fingerprint density at radius 3 is 3.05 bits per heavy atom. The van der Waals surface area contributed by atoms with E-state index in [-0.39, 0.29) is 19.0 Å². The van der Waals surface area contributed by atoms with Gasteiger partial charge >= 0.3 is 12.0 Å². The van der Waals surface area contributed by atoms with Gasteiger partial charge in [0.2, 0.25) is 0 Å². The van der Waals surface area contributed by atoms with Crippen LogP contribution in [0.15, 0.2) is 6.33 Å². The van der Waals surface area contributed by atoms with Crippen LogP contribution in [0.3, 0.4) is 0 Å². The monoisotopic (exact) mass is 296 g/mol. The van der Waals surface area contributed by atoms with Crippen LogP contribution < -0.4 is 0 Å². The standard InChI is InChI=1S/C13H20N4O4/c1-3-21-5-4-16(2)13(20)17-7-10-9(14-8-15-10)6-11(17)12(18)19/h8,11H,3-7H2,1-2H3,(H,14,15)(H,18,19). The molecule has 0 saturated heterocycles. The van der Waals surface area contributed by atoms with Crippen molar-refractivity contribution in [3.8, 4) is 0 Å². The average Bonchev–Trinajstić information content (AvgIpc) is 2.92. The molecule has 0 fully saturated rings. The number of amides is 2. The average molecular weight is 296 g/mol. The third kappa shape index (κ3) is 3.33. The third-order valence-electron chi connectivity index (χ3n) is 3.53. The van der Waals surface area contributed by atoms with Gasteiger partial charge in [0.05, 0.1) is 30.9 Å². The Balaban J connectivity index is 2.08. The summed E-state index contributed by atoms with van der Waals surface area (Å²) in [7, 11) is 1.64. The molecule has 1 aliphatic heterocycles. The van der Waals surface area contributed by atoms with Crippen molar-refractivity contribution in [1.29, 1.82) is 0 Å². The van der Waals surface area contributed by atoms with Crippen LogP contribution in [0, 0.1) is 0 Å².